The second kappa shape index (κ2) is 7.27. The van der Waals surface area contributed by atoms with E-state index in [-0.39, 0.29) is 22.1 Å². The first-order chi connectivity index (χ1) is 12.1. The number of nitrogens with one attached hydrogen (secondary N) is 1. The van der Waals surface area contributed by atoms with E-state index in [0.29, 0.717) is 12.3 Å². The lowest BCUT2D eigenvalue weighted by molar-refractivity contribution is 0.187. The van der Waals surface area contributed by atoms with Crippen molar-refractivity contribution in [3.8, 4) is 28.6 Å². The number of fused-ring (bicyclic) bond motifs is 1. The first kappa shape index (κ1) is 16.9. The van der Waals surface area contributed by atoms with Crippen molar-refractivity contribution in [2.24, 2.45) is 0 Å². The van der Waals surface area contributed by atoms with Crippen molar-refractivity contribution in [3.05, 3.63) is 52.7 Å². The lowest BCUT2D eigenvalue weighted by atomic mass is 10.1. The summed E-state index contributed by atoms with van der Waals surface area (Å²) in [7, 11) is 0. The van der Waals surface area contributed by atoms with Crippen LogP contribution in [-0.4, -0.2) is 16.8 Å². The molecule has 0 radical (unpaired) electrons. The first-order valence-corrected chi connectivity index (χ1v) is 8.09. The largest absolute Gasteiger partial charge is 0.504 e. The third kappa shape index (κ3) is 3.44. The van der Waals surface area contributed by atoms with E-state index in [1.165, 1.54) is 12.1 Å². The average molecular weight is 341 g/mol. The van der Waals surface area contributed by atoms with Gasteiger partial charge in [0.1, 0.15) is 16.7 Å². The van der Waals surface area contributed by atoms with Gasteiger partial charge in [-0.15, -0.1) is 0 Å². The van der Waals surface area contributed by atoms with Gasteiger partial charge in [0, 0.05) is 24.2 Å². The van der Waals surface area contributed by atoms with Crippen LogP contribution in [0.15, 0.2) is 51.7 Å². The van der Waals surface area contributed by atoms with Crippen LogP contribution in [0.3, 0.4) is 0 Å². The third-order valence-corrected chi connectivity index (χ3v) is 3.79. The zero-order valence-electron chi connectivity index (χ0n) is 13.8. The molecule has 1 heterocycles. The van der Waals surface area contributed by atoms with Crippen LogP contribution in [0.4, 0.5) is 0 Å². The summed E-state index contributed by atoms with van der Waals surface area (Å²) in [5.41, 5.74) is 3.18. The Bertz CT molecular complexity index is 934. The molecule has 3 N–H and O–H groups in total. The summed E-state index contributed by atoms with van der Waals surface area (Å²) in [5, 5.41) is 20.1. The van der Waals surface area contributed by atoms with Gasteiger partial charge in [0.05, 0.1) is 0 Å². The maximum atomic E-state index is 12.6. The minimum atomic E-state index is -0.503. The molecule has 0 saturated heterocycles. The Kier molecular flexibility index (Phi) is 4.90. The van der Waals surface area contributed by atoms with Crippen LogP contribution in [0.1, 0.15) is 19.8 Å². The summed E-state index contributed by atoms with van der Waals surface area (Å²) < 4.78 is 5.75. The van der Waals surface area contributed by atoms with Gasteiger partial charge in [0.2, 0.25) is 11.5 Å². The molecule has 6 heteroatoms. The van der Waals surface area contributed by atoms with E-state index in [1.807, 2.05) is 37.3 Å². The lowest BCUT2D eigenvalue weighted by Crippen LogP contribution is -2.20. The fraction of sp³-hybridized carbons (Fsp3) is 0.211. The van der Waals surface area contributed by atoms with Crippen molar-refractivity contribution in [1.29, 1.82) is 0 Å². The van der Waals surface area contributed by atoms with Crippen LogP contribution in [0.2, 0.25) is 0 Å². The number of benzene rings is 2. The summed E-state index contributed by atoms with van der Waals surface area (Å²) in [4.78, 5) is 17.9. The van der Waals surface area contributed by atoms with Crippen molar-refractivity contribution in [2.45, 2.75) is 19.8 Å². The molecule has 6 nitrogen and oxygen atoms in total. The fourth-order valence-corrected chi connectivity index (χ4v) is 2.48. The van der Waals surface area contributed by atoms with E-state index in [1.54, 1.807) is 0 Å². The SMILES string of the molecule is CCCCNOc1c(O)c(O)cc2oc(-c3ccccc3)cc(=O)c12. The number of unbranched alkanes of at least 4 members (excludes halogenated alkanes) is 1. The highest BCUT2D eigenvalue weighted by Gasteiger charge is 2.19. The highest BCUT2D eigenvalue weighted by molar-refractivity contribution is 5.89. The Morgan fingerprint density at radius 3 is 2.64 bits per heavy atom. The fourth-order valence-electron chi connectivity index (χ4n) is 2.48. The monoisotopic (exact) mass is 341 g/mol. The molecule has 2 aromatic carbocycles. The molecule has 1 aromatic heterocycles. The molecule has 0 spiro atoms. The van der Waals surface area contributed by atoms with Gasteiger partial charge in [-0.2, -0.15) is 5.48 Å². The molecule has 0 saturated carbocycles. The number of hydrogen-bond acceptors (Lipinski definition) is 6. The van der Waals surface area contributed by atoms with Crippen LogP contribution in [0, 0.1) is 0 Å². The molecular weight excluding hydrogens is 322 g/mol. The van der Waals surface area contributed by atoms with Crippen molar-refractivity contribution < 1.29 is 19.5 Å². The van der Waals surface area contributed by atoms with Crippen molar-refractivity contribution >= 4 is 11.0 Å². The highest BCUT2D eigenvalue weighted by Crippen LogP contribution is 2.41. The van der Waals surface area contributed by atoms with Gasteiger partial charge in [0.25, 0.3) is 0 Å². The van der Waals surface area contributed by atoms with Gasteiger partial charge in [-0.1, -0.05) is 43.7 Å². The molecule has 0 atom stereocenters. The minimum absolute atomic E-state index is 0.0685. The molecule has 3 aromatic rings. The summed E-state index contributed by atoms with van der Waals surface area (Å²) >= 11 is 0. The number of rotatable bonds is 6. The van der Waals surface area contributed by atoms with Crippen LogP contribution in [0.25, 0.3) is 22.3 Å². The molecular formula is C19H19NO5. The molecule has 0 fully saturated rings. The molecule has 0 aliphatic heterocycles. The van der Waals surface area contributed by atoms with Crippen molar-refractivity contribution in [1.82, 2.24) is 5.48 Å². The van der Waals surface area contributed by atoms with Crippen LogP contribution in [-0.2, 0) is 0 Å². The van der Waals surface area contributed by atoms with E-state index in [0.717, 1.165) is 18.4 Å². The highest BCUT2D eigenvalue weighted by atomic mass is 16.7. The number of aromatic hydroxyl groups is 2. The zero-order chi connectivity index (χ0) is 17.8. The second-order valence-electron chi connectivity index (χ2n) is 5.64. The van der Waals surface area contributed by atoms with Gasteiger partial charge in [-0.05, 0) is 6.42 Å². The van der Waals surface area contributed by atoms with Gasteiger partial charge >= 0.3 is 0 Å². The summed E-state index contributed by atoms with van der Waals surface area (Å²) in [5.74, 6) is -0.697. The van der Waals surface area contributed by atoms with Crippen LogP contribution < -0.4 is 15.7 Å². The predicted molar refractivity (Wildman–Crippen MR) is 94.8 cm³/mol. The van der Waals surface area contributed by atoms with Gasteiger partial charge in [-0.25, -0.2) is 0 Å². The molecule has 3 rings (SSSR count). The average Bonchev–Trinajstić information content (AvgIpc) is 2.62. The summed E-state index contributed by atoms with van der Waals surface area (Å²) in [6, 6.07) is 11.7. The van der Waals surface area contributed by atoms with Gasteiger partial charge in [0.15, 0.2) is 11.2 Å². The van der Waals surface area contributed by atoms with E-state index < -0.39 is 11.5 Å². The standard InChI is InChI=1S/C19H19NO5/c1-2-3-9-20-25-19-17-13(21)10-15(12-7-5-4-6-8-12)24-16(17)11-14(22)18(19)23/h4-8,10-11,20,22-23H,2-3,9H2,1H3. The van der Waals surface area contributed by atoms with Gasteiger partial charge < -0.3 is 19.5 Å². The zero-order valence-corrected chi connectivity index (χ0v) is 13.8. The van der Waals surface area contributed by atoms with E-state index in [2.05, 4.69) is 5.48 Å². The first-order valence-electron chi connectivity index (χ1n) is 8.09. The number of phenols is 2. The van der Waals surface area contributed by atoms with Crippen LogP contribution >= 0.6 is 0 Å². The Morgan fingerprint density at radius 1 is 1.16 bits per heavy atom. The number of phenolic OH excluding ortho intramolecular Hbond substituents is 2. The minimum Gasteiger partial charge on any atom is -0.504 e. The topological polar surface area (TPSA) is 91.9 Å². The Balaban J connectivity index is 2.10. The van der Waals surface area contributed by atoms with Crippen molar-refractivity contribution in [2.75, 3.05) is 6.54 Å². The number of hydrogen-bond donors (Lipinski definition) is 3. The molecule has 0 bridgehead atoms. The summed E-state index contributed by atoms with van der Waals surface area (Å²) in [6.45, 7) is 2.57. The normalized spacial score (nSPS) is 10.9. The van der Waals surface area contributed by atoms with E-state index in [9.17, 15) is 15.0 Å². The van der Waals surface area contributed by atoms with Crippen molar-refractivity contribution in [3.63, 3.8) is 0 Å². The smallest absolute Gasteiger partial charge is 0.207 e. The quantitative estimate of drug-likeness (QED) is 0.361. The van der Waals surface area contributed by atoms with E-state index in [4.69, 9.17) is 9.25 Å². The van der Waals surface area contributed by atoms with Gasteiger partial charge in [-0.3, -0.25) is 4.79 Å². The van der Waals surface area contributed by atoms with E-state index >= 15 is 0 Å². The maximum absolute atomic E-state index is 12.6. The Morgan fingerprint density at radius 2 is 1.92 bits per heavy atom. The Hall–Kier alpha value is -2.99. The number of hydroxylamine groups is 1. The molecule has 0 amide bonds. The van der Waals surface area contributed by atoms with Crippen LogP contribution in [0.5, 0.6) is 17.2 Å². The Labute approximate surface area is 144 Å². The summed E-state index contributed by atoms with van der Waals surface area (Å²) in [6.07, 6.45) is 1.83. The molecule has 130 valence electrons. The second-order valence-corrected chi connectivity index (χ2v) is 5.64. The lowest BCUT2D eigenvalue weighted by Gasteiger charge is -2.12. The maximum Gasteiger partial charge on any atom is 0.207 e. The molecule has 0 aliphatic carbocycles. The molecule has 0 aliphatic rings. The third-order valence-electron chi connectivity index (χ3n) is 3.79. The molecule has 25 heavy (non-hydrogen) atoms. The molecule has 0 unspecified atom stereocenters. The predicted octanol–water partition coefficient (Wildman–Crippen LogP) is 3.55.